The van der Waals surface area contributed by atoms with Gasteiger partial charge in [-0.3, -0.25) is 0 Å². The largest absolute Gasteiger partial charge is 0.230 e. The van der Waals surface area contributed by atoms with Gasteiger partial charge in [-0.1, -0.05) is 23.2 Å². The number of pyridine rings is 2. The Bertz CT molecular complexity index is 648. The fraction of sp³-hybridized carbons (Fsp3) is 0. The van der Waals surface area contributed by atoms with E-state index in [9.17, 15) is 0 Å². The lowest BCUT2D eigenvalue weighted by Crippen LogP contribution is -1.85. The Morgan fingerprint density at radius 3 is 1.90 bits per heavy atom. The van der Waals surface area contributed by atoms with E-state index in [-0.39, 0.29) is 11.4 Å². The molecule has 0 aliphatic rings. The van der Waals surface area contributed by atoms with Crippen LogP contribution in [0.1, 0.15) is 11.4 Å². The molecule has 0 amide bonds. The van der Waals surface area contributed by atoms with Gasteiger partial charge in [0, 0.05) is 0 Å². The topological polar surface area (TPSA) is 73.4 Å². The fourth-order valence-electron chi connectivity index (χ4n) is 0.993. The highest BCUT2D eigenvalue weighted by Crippen LogP contribution is 2.15. The molecule has 0 aromatic carbocycles. The van der Waals surface area contributed by atoms with Crippen LogP contribution >= 0.6 is 61.7 Å². The molecule has 0 aliphatic carbocycles. The monoisotopic (exact) mass is 480 g/mol. The molecule has 0 bridgehead atoms. The molecule has 0 unspecified atom stereocenters. The number of aromatic nitrogens is 2. The SMILES string of the molecule is N#Cc1nc(Br)ccc1Cl.N#Cc1nc(I)ccc1Cl. The van der Waals surface area contributed by atoms with Crippen molar-refractivity contribution in [2.75, 3.05) is 0 Å². The van der Waals surface area contributed by atoms with Gasteiger partial charge in [-0.2, -0.15) is 10.5 Å². The molecule has 0 atom stereocenters. The highest BCUT2D eigenvalue weighted by Gasteiger charge is 1.99. The number of nitriles is 2. The summed E-state index contributed by atoms with van der Waals surface area (Å²) in [6, 6.07) is 10.5. The van der Waals surface area contributed by atoms with E-state index in [2.05, 4.69) is 25.9 Å². The van der Waals surface area contributed by atoms with Gasteiger partial charge in [-0.05, 0) is 62.8 Å². The second-order valence-corrected chi connectivity index (χ2v) is 5.88. The van der Waals surface area contributed by atoms with E-state index >= 15 is 0 Å². The van der Waals surface area contributed by atoms with Gasteiger partial charge < -0.3 is 0 Å². The van der Waals surface area contributed by atoms with Gasteiger partial charge >= 0.3 is 0 Å². The molecule has 0 fully saturated rings. The number of halogens is 4. The standard InChI is InChI=1S/C6H2BrClN2.C6H2ClIN2/c7-6-2-1-4(8)5(3-9)10-6;7-4-1-2-6(8)10-5(4)3-9/h2*1-2H. The first kappa shape index (κ1) is 17.1. The normalized spacial score (nSPS) is 8.90. The van der Waals surface area contributed by atoms with Gasteiger partial charge in [-0.25, -0.2) is 9.97 Å². The van der Waals surface area contributed by atoms with Crippen molar-refractivity contribution < 1.29 is 0 Å². The van der Waals surface area contributed by atoms with Gasteiger partial charge in [0.2, 0.25) is 0 Å². The Morgan fingerprint density at radius 1 is 0.950 bits per heavy atom. The Balaban J connectivity index is 0.000000200. The van der Waals surface area contributed by atoms with Crippen molar-refractivity contribution in [3.05, 3.63) is 54.0 Å². The van der Waals surface area contributed by atoms with Gasteiger partial charge in [0.1, 0.15) is 20.4 Å². The first-order valence-electron chi connectivity index (χ1n) is 4.92. The summed E-state index contributed by atoms with van der Waals surface area (Å²) in [5, 5.41) is 17.7. The van der Waals surface area contributed by atoms with Crippen LogP contribution in [0.3, 0.4) is 0 Å². The van der Waals surface area contributed by atoms with Crippen molar-refractivity contribution in [1.82, 2.24) is 9.97 Å². The third-order valence-corrected chi connectivity index (χ3v) is 3.49. The van der Waals surface area contributed by atoms with E-state index in [1.807, 2.05) is 34.7 Å². The lowest BCUT2D eigenvalue weighted by Gasteiger charge is -1.92. The van der Waals surface area contributed by atoms with Crippen LogP contribution in [0.25, 0.3) is 0 Å². The summed E-state index contributed by atoms with van der Waals surface area (Å²) in [5.74, 6) is 0. The molecule has 2 aromatic rings. The lowest BCUT2D eigenvalue weighted by atomic mass is 10.4. The molecule has 20 heavy (non-hydrogen) atoms. The minimum absolute atomic E-state index is 0.246. The van der Waals surface area contributed by atoms with E-state index in [0.717, 1.165) is 3.70 Å². The molecule has 0 saturated heterocycles. The maximum atomic E-state index is 8.44. The second kappa shape index (κ2) is 8.38. The second-order valence-electron chi connectivity index (χ2n) is 3.15. The van der Waals surface area contributed by atoms with E-state index < -0.39 is 0 Å². The van der Waals surface area contributed by atoms with E-state index in [1.165, 1.54) is 0 Å². The first-order valence-corrected chi connectivity index (χ1v) is 7.55. The fourth-order valence-corrected chi connectivity index (χ4v) is 2.02. The van der Waals surface area contributed by atoms with Crippen molar-refractivity contribution in [2.24, 2.45) is 0 Å². The summed E-state index contributed by atoms with van der Waals surface area (Å²) in [4.78, 5) is 7.70. The molecule has 0 aliphatic heterocycles. The third kappa shape index (κ3) is 5.22. The van der Waals surface area contributed by atoms with Crippen LogP contribution in [0.4, 0.5) is 0 Å². The highest BCUT2D eigenvalue weighted by molar-refractivity contribution is 14.1. The van der Waals surface area contributed by atoms with Gasteiger partial charge in [-0.15, -0.1) is 0 Å². The van der Waals surface area contributed by atoms with Crippen LogP contribution in [0.15, 0.2) is 28.9 Å². The lowest BCUT2D eigenvalue weighted by molar-refractivity contribution is 1.22. The maximum absolute atomic E-state index is 8.44. The van der Waals surface area contributed by atoms with Crippen LogP contribution in [0.5, 0.6) is 0 Å². The molecule has 8 heteroatoms. The number of nitrogens with zero attached hydrogens (tertiary/aromatic N) is 4. The summed E-state index contributed by atoms with van der Waals surface area (Å²) in [7, 11) is 0. The predicted octanol–water partition coefficient (Wildman–Crippen LogP) is 4.58. The number of hydrogen-bond donors (Lipinski definition) is 0. The summed E-state index contributed by atoms with van der Waals surface area (Å²) in [6.07, 6.45) is 0. The van der Waals surface area contributed by atoms with Crippen LogP contribution < -0.4 is 0 Å². The molecule has 2 aromatic heterocycles. The van der Waals surface area contributed by atoms with Gasteiger partial charge in [0.05, 0.1) is 10.0 Å². The number of rotatable bonds is 0. The van der Waals surface area contributed by atoms with Crippen molar-refractivity contribution in [3.63, 3.8) is 0 Å². The smallest absolute Gasteiger partial charge is 0.160 e. The molecular weight excluding hydrogens is 478 g/mol. The Morgan fingerprint density at radius 2 is 1.45 bits per heavy atom. The first-order chi connectivity index (χ1) is 9.47. The van der Waals surface area contributed by atoms with E-state index in [1.54, 1.807) is 24.3 Å². The van der Waals surface area contributed by atoms with Crippen molar-refractivity contribution >= 4 is 61.7 Å². The molecule has 0 N–H and O–H groups in total. The molecule has 4 nitrogen and oxygen atoms in total. The van der Waals surface area contributed by atoms with Crippen LogP contribution in [0.2, 0.25) is 10.0 Å². The van der Waals surface area contributed by atoms with Gasteiger partial charge in [0.25, 0.3) is 0 Å². The molecule has 100 valence electrons. The van der Waals surface area contributed by atoms with Gasteiger partial charge in [0.15, 0.2) is 11.4 Å². The summed E-state index contributed by atoms with van der Waals surface area (Å²) < 4.78 is 1.40. The minimum Gasteiger partial charge on any atom is -0.230 e. The predicted molar refractivity (Wildman–Crippen MR) is 88.3 cm³/mol. The Hall–Kier alpha value is -0.930. The van der Waals surface area contributed by atoms with Crippen LogP contribution in [-0.2, 0) is 0 Å². The Labute approximate surface area is 147 Å². The van der Waals surface area contributed by atoms with Crippen LogP contribution in [0, 0.1) is 26.4 Å². The third-order valence-electron chi connectivity index (χ3n) is 1.84. The average molecular weight is 482 g/mol. The minimum atomic E-state index is 0.246. The van der Waals surface area contributed by atoms with Crippen molar-refractivity contribution in [3.8, 4) is 12.1 Å². The summed E-state index contributed by atoms with van der Waals surface area (Å²) >= 11 is 16.3. The maximum Gasteiger partial charge on any atom is 0.160 e. The van der Waals surface area contributed by atoms with Crippen molar-refractivity contribution in [1.29, 1.82) is 10.5 Å². The van der Waals surface area contributed by atoms with Crippen molar-refractivity contribution in [2.45, 2.75) is 0 Å². The zero-order chi connectivity index (χ0) is 15.1. The zero-order valence-corrected chi connectivity index (χ0v) is 14.9. The zero-order valence-electron chi connectivity index (χ0n) is 9.61. The molecule has 2 rings (SSSR count). The Kier molecular flexibility index (Phi) is 7.17. The molecule has 0 spiro atoms. The summed E-state index contributed by atoms with van der Waals surface area (Å²) in [6.45, 7) is 0. The van der Waals surface area contributed by atoms with E-state index in [0.29, 0.717) is 14.6 Å². The summed E-state index contributed by atoms with van der Waals surface area (Å²) in [5.41, 5.74) is 0.532. The molecular formula is C12H4BrCl2IN4. The van der Waals surface area contributed by atoms with E-state index in [4.69, 9.17) is 33.7 Å². The van der Waals surface area contributed by atoms with Crippen LogP contribution in [-0.4, -0.2) is 9.97 Å². The highest BCUT2D eigenvalue weighted by atomic mass is 127. The molecule has 0 saturated carbocycles. The number of hydrogen-bond acceptors (Lipinski definition) is 4. The quantitative estimate of drug-likeness (QED) is 0.408. The molecule has 2 heterocycles. The molecule has 0 radical (unpaired) electrons. The average Bonchev–Trinajstić information content (AvgIpc) is 2.44.